The number of anilines is 2. The summed E-state index contributed by atoms with van der Waals surface area (Å²) in [5.41, 5.74) is 2.04. The Morgan fingerprint density at radius 2 is 1.85 bits per heavy atom. The third kappa shape index (κ3) is 1.69. The maximum absolute atomic E-state index is 12.4. The minimum atomic E-state index is -1.12. The van der Waals surface area contributed by atoms with E-state index in [-0.39, 0.29) is 5.91 Å². The Hall–Kier alpha value is -2.33. The van der Waals surface area contributed by atoms with Crippen molar-refractivity contribution in [2.75, 3.05) is 10.4 Å². The second kappa shape index (κ2) is 4.35. The molecule has 0 aliphatic carbocycles. The van der Waals surface area contributed by atoms with Crippen LogP contribution in [-0.4, -0.2) is 11.1 Å². The van der Waals surface area contributed by atoms with Crippen LogP contribution in [0, 0.1) is 6.92 Å². The standard InChI is InChI=1S/C16H16N2O2/c1-11-8-9-14-13(10-11)16(2,15(19)17-14)18(20)12-6-4-3-5-7-12/h3-10,20H,1-2H3,(H,17,19)/t16-/m1/s1. The van der Waals surface area contributed by atoms with Crippen LogP contribution in [0.1, 0.15) is 18.1 Å². The fraction of sp³-hybridized carbons (Fsp3) is 0.188. The van der Waals surface area contributed by atoms with Gasteiger partial charge in [0, 0.05) is 11.3 Å². The van der Waals surface area contributed by atoms with E-state index in [1.807, 2.05) is 43.3 Å². The van der Waals surface area contributed by atoms with Gasteiger partial charge < -0.3 is 5.32 Å². The molecular weight excluding hydrogens is 252 g/mol. The lowest BCUT2D eigenvalue weighted by atomic mass is 9.91. The van der Waals surface area contributed by atoms with Crippen molar-refractivity contribution in [2.45, 2.75) is 19.4 Å². The average molecular weight is 268 g/mol. The summed E-state index contributed by atoms with van der Waals surface area (Å²) < 4.78 is 0. The van der Waals surface area contributed by atoms with Crippen molar-refractivity contribution < 1.29 is 10.0 Å². The molecule has 0 spiro atoms. The molecule has 0 bridgehead atoms. The lowest BCUT2D eigenvalue weighted by Crippen LogP contribution is -2.47. The van der Waals surface area contributed by atoms with E-state index in [2.05, 4.69) is 5.32 Å². The zero-order valence-corrected chi connectivity index (χ0v) is 11.4. The number of fused-ring (bicyclic) bond motifs is 1. The fourth-order valence-corrected chi connectivity index (χ4v) is 2.57. The molecule has 2 aromatic carbocycles. The first-order valence-electron chi connectivity index (χ1n) is 6.50. The highest BCUT2D eigenvalue weighted by Crippen LogP contribution is 2.41. The number of nitrogens with one attached hydrogen (secondary N) is 1. The minimum Gasteiger partial charge on any atom is -0.323 e. The lowest BCUT2D eigenvalue weighted by molar-refractivity contribution is -0.122. The third-order valence-electron chi connectivity index (χ3n) is 3.81. The SMILES string of the molecule is Cc1ccc2c(c1)[C@@](C)(N(O)c1ccccc1)C(=O)N2. The van der Waals surface area contributed by atoms with E-state index in [1.54, 1.807) is 19.1 Å². The second-order valence-electron chi connectivity index (χ2n) is 5.22. The largest absolute Gasteiger partial charge is 0.323 e. The van der Waals surface area contributed by atoms with Crippen LogP contribution in [0.5, 0.6) is 0 Å². The summed E-state index contributed by atoms with van der Waals surface area (Å²) in [4.78, 5) is 12.4. The minimum absolute atomic E-state index is 0.232. The molecule has 0 aromatic heterocycles. The first-order valence-corrected chi connectivity index (χ1v) is 6.50. The Balaban J connectivity index is 2.13. The zero-order valence-electron chi connectivity index (χ0n) is 11.4. The molecule has 0 saturated heterocycles. The lowest BCUT2D eigenvalue weighted by Gasteiger charge is -2.33. The number of carbonyl (C=O) groups is 1. The van der Waals surface area contributed by atoms with Gasteiger partial charge in [-0.2, -0.15) is 0 Å². The van der Waals surface area contributed by atoms with E-state index in [0.29, 0.717) is 5.69 Å². The normalized spacial score (nSPS) is 20.4. The maximum Gasteiger partial charge on any atom is 0.257 e. The van der Waals surface area contributed by atoms with Gasteiger partial charge in [0.2, 0.25) is 0 Å². The smallest absolute Gasteiger partial charge is 0.257 e. The number of amides is 1. The van der Waals surface area contributed by atoms with Crippen LogP contribution in [0.25, 0.3) is 0 Å². The molecule has 0 radical (unpaired) electrons. The Morgan fingerprint density at radius 1 is 1.15 bits per heavy atom. The van der Waals surface area contributed by atoms with Crippen LogP contribution in [0.4, 0.5) is 11.4 Å². The zero-order chi connectivity index (χ0) is 14.3. The van der Waals surface area contributed by atoms with Gasteiger partial charge in [-0.05, 0) is 32.0 Å². The van der Waals surface area contributed by atoms with Gasteiger partial charge >= 0.3 is 0 Å². The first-order chi connectivity index (χ1) is 9.53. The Labute approximate surface area is 117 Å². The van der Waals surface area contributed by atoms with Crippen LogP contribution in [0.15, 0.2) is 48.5 Å². The monoisotopic (exact) mass is 268 g/mol. The van der Waals surface area contributed by atoms with E-state index in [1.165, 1.54) is 0 Å². The van der Waals surface area contributed by atoms with Crippen molar-refractivity contribution in [1.82, 2.24) is 0 Å². The maximum atomic E-state index is 12.4. The van der Waals surface area contributed by atoms with Gasteiger partial charge in [0.15, 0.2) is 5.54 Å². The van der Waals surface area contributed by atoms with Gasteiger partial charge in [-0.3, -0.25) is 10.0 Å². The van der Waals surface area contributed by atoms with Crippen molar-refractivity contribution >= 4 is 17.3 Å². The molecule has 2 N–H and O–H groups in total. The van der Waals surface area contributed by atoms with Crippen LogP contribution in [0.3, 0.4) is 0 Å². The number of nitrogens with zero attached hydrogens (tertiary/aromatic N) is 1. The van der Waals surface area contributed by atoms with Crippen molar-refractivity contribution in [1.29, 1.82) is 0 Å². The number of hydrogen-bond acceptors (Lipinski definition) is 3. The summed E-state index contributed by atoms with van der Waals surface area (Å²) in [6.45, 7) is 3.69. The van der Waals surface area contributed by atoms with Gasteiger partial charge in [0.1, 0.15) is 0 Å². The highest BCUT2D eigenvalue weighted by Gasteiger charge is 2.47. The predicted octanol–water partition coefficient (Wildman–Crippen LogP) is 3.06. The molecule has 2 aromatic rings. The summed E-state index contributed by atoms with van der Waals surface area (Å²) in [6.07, 6.45) is 0. The molecular formula is C16H16N2O2. The van der Waals surface area contributed by atoms with Crippen molar-refractivity contribution in [3.05, 3.63) is 59.7 Å². The third-order valence-corrected chi connectivity index (χ3v) is 3.81. The molecule has 1 aliphatic heterocycles. The number of para-hydroxylation sites is 1. The van der Waals surface area contributed by atoms with E-state index >= 15 is 0 Å². The number of rotatable bonds is 2. The van der Waals surface area contributed by atoms with Crippen LogP contribution in [-0.2, 0) is 10.3 Å². The number of hydroxylamine groups is 1. The predicted molar refractivity (Wildman–Crippen MR) is 77.9 cm³/mol. The van der Waals surface area contributed by atoms with Gasteiger partial charge in [0.25, 0.3) is 5.91 Å². The molecule has 0 unspecified atom stereocenters. The van der Waals surface area contributed by atoms with Gasteiger partial charge in [-0.15, -0.1) is 0 Å². The fourth-order valence-electron chi connectivity index (χ4n) is 2.57. The Bertz CT molecular complexity index is 669. The second-order valence-corrected chi connectivity index (χ2v) is 5.22. The summed E-state index contributed by atoms with van der Waals surface area (Å²) in [5.74, 6) is -0.232. The number of carbonyl (C=O) groups excluding carboxylic acids is 1. The van der Waals surface area contributed by atoms with E-state index < -0.39 is 5.54 Å². The average Bonchev–Trinajstić information content (AvgIpc) is 2.72. The molecule has 1 atom stereocenters. The quantitative estimate of drug-likeness (QED) is 0.823. The number of aryl methyl sites for hydroxylation is 1. The Morgan fingerprint density at radius 3 is 2.55 bits per heavy atom. The van der Waals surface area contributed by atoms with E-state index in [4.69, 9.17) is 0 Å². The van der Waals surface area contributed by atoms with Gasteiger partial charge in [-0.25, -0.2) is 5.06 Å². The molecule has 4 nitrogen and oxygen atoms in total. The number of benzene rings is 2. The highest BCUT2D eigenvalue weighted by atomic mass is 16.5. The Kier molecular flexibility index (Phi) is 2.76. The van der Waals surface area contributed by atoms with Crippen molar-refractivity contribution in [3.8, 4) is 0 Å². The topological polar surface area (TPSA) is 52.6 Å². The van der Waals surface area contributed by atoms with Crippen LogP contribution in [0.2, 0.25) is 0 Å². The summed E-state index contributed by atoms with van der Waals surface area (Å²) in [7, 11) is 0. The molecule has 1 aliphatic rings. The van der Waals surface area contributed by atoms with E-state index in [9.17, 15) is 10.0 Å². The van der Waals surface area contributed by atoms with E-state index in [0.717, 1.165) is 21.9 Å². The molecule has 0 saturated carbocycles. The van der Waals surface area contributed by atoms with Crippen molar-refractivity contribution in [2.24, 2.45) is 0 Å². The van der Waals surface area contributed by atoms with Crippen LogP contribution < -0.4 is 10.4 Å². The summed E-state index contributed by atoms with van der Waals surface area (Å²) in [5, 5.41) is 14.4. The molecule has 3 rings (SSSR count). The summed E-state index contributed by atoms with van der Waals surface area (Å²) in [6, 6.07) is 14.8. The van der Waals surface area contributed by atoms with Crippen LogP contribution >= 0.6 is 0 Å². The molecule has 1 amide bonds. The highest BCUT2D eigenvalue weighted by molar-refractivity contribution is 6.07. The molecule has 4 heteroatoms. The molecule has 102 valence electrons. The summed E-state index contributed by atoms with van der Waals surface area (Å²) >= 11 is 0. The number of hydrogen-bond donors (Lipinski definition) is 2. The first kappa shape index (κ1) is 12.7. The van der Waals surface area contributed by atoms with Gasteiger partial charge in [-0.1, -0.05) is 35.9 Å². The molecule has 0 fully saturated rings. The molecule has 1 heterocycles. The molecule has 20 heavy (non-hydrogen) atoms. The van der Waals surface area contributed by atoms with Gasteiger partial charge in [0.05, 0.1) is 5.69 Å². The van der Waals surface area contributed by atoms with Crippen molar-refractivity contribution in [3.63, 3.8) is 0 Å².